The van der Waals surface area contributed by atoms with Crippen molar-refractivity contribution in [2.45, 2.75) is 57.1 Å². The maximum absolute atomic E-state index is 13.3. The van der Waals surface area contributed by atoms with Gasteiger partial charge >= 0.3 is 5.97 Å². The Hall–Kier alpha value is -2.44. The molecule has 1 aromatic rings. The van der Waals surface area contributed by atoms with Crippen molar-refractivity contribution < 1.29 is 23.5 Å². The molecule has 1 fully saturated rings. The van der Waals surface area contributed by atoms with E-state index >= 15 is 0 Å². The third-order valence-corrected chi connectivity index (χ3v) is 4.70. The first kappa shape index (κ1) is 17.4. The second-order valence-corrected chi connectivity index (χ2v) is 6.61. The Morgan fingerprint density at radius 3 is 2.76 bits per heavy atom. The zero-order chi connectivity index (χ0) is 18.0. The Bertz CT molecular complexity index is 700. The summed E-state index contributed by atoms with van der Waals surface area (Å²) in [5.41, 5.74) is 0.760. The fraction of sp³-hybridized carbons (Fsp3) is 0.500. The Morgan fingerprint density at radius 1 is 1.32 bits per heavy atom. The van der Waals surface area contributed by atoms with E-state index in [-0.39, 0.29) is 30.0 Å². The van der Waals surface area contributed by atoms with Crippen LogP contribution in [0.5, 0.6) is 0 Å². The summed E-state index contributed by atoms with van der Waals surface area (Å²) in [6.07, 6.45) is 3.02. The Labute approximate surface area is 145 Å². The molecule has 2 atom stereocenters. The number of rotatable bonds is 4. The fourth-order valence-electron chi connectivity index (χ4n) is 3.35. The number of hydrogen-bond donors (Lipinski definition) is 2. The highest BCUT2D eigenvalue weighted by molar-refractivity contribution is 6.00. The average Bonchev–Trinajstić information content (AvgIpc) is 3.06. The Balaban J connectivity index is 1.66. The van der Waals surface area contributed by atoms with E-state index in [2.05, 4.69) is 10.6 Å². The SMILES string of the molecule is C[C@H](OC(=O)[C@@H]1CC(=O)Nc2cc(F)ccc21)C(=O)NC1CCCC1. The van der Waals surface area contributed by atoms with E-state index < -0.39 is 23.8 Å². The van der Waals surface area contributed by atoms with Gasteiger partial charge in [0.05, 0.1) is 5.92 Å². The molecular formula is C18H21FN2O4. The number of benzene rings is 1. The quantitative estimate of drug-likeness (QED) is 0.818. The monoisotopic (exact) mass is 348 g/mol. The van der Waals surface area contributed by atoms with Crippen LogP contribution < -0.4 is 10.6 Å². The molecule has 1 saturated carbocycles. The highest BCUT2D eigenvalue weighted by Gasteiger charge is 2.34. The van der Waals surface area contributed by atoms with Crippen molar-refractivity contribution in [3.05, 3.63) is 29.6 Å². The lowest BCUT2D eigenvalue weighted by atomic mass is 9.90. The van der Waals surface area contributed by atoms with Crippen LogP contribution in [0.15, 0.2) is 18.2 Å². The van der Waals surface area contributed by atoms with Crippen LogP contribution in [-0.2, 0) is 19.1 Å². The van der Waals surface area contributed by atoms with Crippen LogP contribution in [-0.4, -0.2) is 29.9 Å². The molecule has 1 heterocycles. The highest BCUT2D eigenvalue weighted by Crippen LogP contribution is 2.33. The van der Waals surface area contributed by atoms with Crippen molar-refractivity contribution in [2.75, 3.05) is 5.32 Å². The minimum atomic E-state index is -0.943. The van der Waals surface area contributed by atoms with Gasteiger partial charge in [-0.2, -0.15) is 0 Å². The van der Waals surface area contributed by atoms with Gasteiger partial charge in [0.25, 0.3) is 5.91 Å². The molecule has 0 saturated heterocycles. The summed E-state index contributed by atoms with van der Waals surface area (Å²) in [6, 6.07) is 3.99. The largest absolute Gasteiger partial charge is 0.452 e. The number of carbonyl (C=O) groups excluding carboxylic acids is 3. The van der Waals surface area contributed by atoms with Gasteiger partial charge in [-0.05, 0) is 37.5 Å². The normalized spacial score (nSPS) is 21.2. The lowest BCUT2D eigenvalue weighted by molar-refractivity contribution is -0.157. The first-order valence-electron chi connectivity index (χ1n) is 8.54. The zero-order valence-corrected chi connectivity index (χ0v) is 14.0. The molecule has 134 valence electrons. The second-order valence-electron chi connectivity index (χ2n) is 6.61. The molecule has 25 heavy (non-hydrogen) atoms. The molecule has 2 aliphatic rings. The maximum atomic E-state index is 13.3. The molecule has 0 spiro atoms. The molecule has 0 aromatic heterocycles. The van der Waals surface area contributed by atoms with Crippen LogP contribution in [0.25, 0.3) is 0 Å². The van der Waals surface area contributed by atoms with Crippen LogP contribution >= 0.6 is 0 Å². The lowest BCUT2D eigenvalue weighted by Gasteiger charge is -2.25. The van der Waals surface area contributed by atoms with Gasteiger partial charge in [-0.25, -0.2) is 4.39 Å². The van der Waals surface area contributed by atoms with Crippen molar-refractivity contribution in [3.63, 3.8) is 0 Å². The molecule has 1 aromatic carbocycles. The van der Waals surface area contributed by atoms with Crippen LogP contribution in [0.3, 0.4) is 0 Å². The van der Waals surface area contributed by atoms with Crippen LogP contribution in [0, 0.1) is 5.82 Å². The minimum Gasteiger partial charge on any atom is -0.452 e. The summed E-state index contributed by atoms with van der Waals surface area (Å²) in [5, 5.41) is 5.42. The van der Waals surface area contributed by atoms with Gasteiger partial charge in [0, 0.05) is 18.2 Å². The molecule has 7 heteroatoms. The van der Waals surface area contributed by atoms with E-state index in [1.54, 1.807) is 0 Å². The van der Waals surface area contributed by atoms with Crippen LogP contribution in [0.4, 0.5) is 10.1 Å². The van der Waals surface area contributed by atoms with Gasteiger partial charge in [0.1, 0.15) is 5.82 Å². The molecule has 0 bridgehead atoms. The number of amides is 2. The second kappa shape index (κ2) is 7.21. The van der Waals surface area contributed by atoms with Crippen molar-refractivity contribution >= 4 is 23.5 Å². The van der Waals surface area contributed by atoms with Gasteiger partial charge < -0.3 is 15.4 Å². The lowest BCUT2D eigenvalue weighted by Crippen LogP contribution is -2.41. The van der Waals surface area contributed by atoms with Gasteiger partial charge in [-0.15, -0.1) is 0 Å². The number of hydrogen-bond acceptors (Lipinski definition) is 4. The Morgan fingerprint density at radius 2 is 2.04 bits per heavy atom. The van der Waals surface area contributed by atoms with E-state index in [1.807, 2.05) is 0 Å². The topological polar surface area (TPSA) is 84.5 Å². The molecule has 0 radical (unpaired) electrons. The molecule has 1 aliphatic carbocycles. The van der Waals surface area contributed by atoms with E-state index in [1.165, 1.54) is 25.1 Å². The number of carbonyl (C=O) groups is 3. The summed E-state index contributed by atoms with van der Waals surface area (Å²) < 4.78 is 18.6. The first-order valence-corrected chi connectivity index (χ1v) is 8.54. The number of fused-ring (bicyclic) bond motifs is 1. The van der Waals surface area contributed by atoms with E-state index in [9.17, 15) is 18.8 Å². The molecule has 6 nitrogen and oxygen atoms in total. The van der Waals surface area contributed by atoms with Gasteiger partial charge in [0.2, 0.25) is 5.91 Å². The number of esters is 1. The first-order chi connectivity index (χ1) is 11.9. The van der Waals surface area contributed by atoms with Crippen molar-refractivity contribution in [3.8, 4) is 0 Å². The summed E-state index contributed by atoms with van der Waals surface area (Å²) in [5.74, 6) is -2.72. The third kappa shape index (κ3) is 3.97. The molecule has 0 unspecified atom stereocenters. The summed E-state index contributed by atoms with van der Waals surface area (Å²) in [4.78, 5) is 36.4. The molecule has 2 amide bonds. The predicted octanol–water partition coefficient (Wildman–Crippen LogP) is 2.24. The smallest absolute Gasteiger partial charge is 0.314 e. The van der Waals surface area contributed by atoms with Crippen molar-refractivity contribution in [1.82, 2.24) is 5.32 Å². The van der Waals surface area contributed by atoms with Gasteiger partial charge in [0.15, 0.2) is 6.10 Å². The summed E-state index contributed by atoms with van der Waals surface area (Å²) in [6.45, 7) is 1.51. The summed E-state index contributed by atoms with van der Waals surface area (Å²) in [7, 11) is 0. The summed E-state index contributed by atoms with van der Waals surface area (Å²) >= 11 is 0. The average molecular weight is 348 g/mol. The predicted molar refractivity (Wildman–Crippen MR) is 88.3 cm³/mol. The van der Waals surface area contributed by atoms with Gasteiger partial charge in [-0.1, -0.05) is 18.9 Å². The van der Waals surface area contributed by atoms with E-state index in [4.69, 9.17) is 4.74 Å². The minimum absolute atomic E-state index is 0.0889. The molecule has 3 rings (SSSR count). The molecular weight excluding hydrogens is 327 g/mol. The third-order valence-electron chi connectivity index (χ3n) is 4.70. The highest BCUT2D eigenvalue weighted by atomic mass is 19.1. The molecule has 1 aliphatic heterocycles. The van der Waals surface area contributed by atoms with Crippen LogP contribution in [0.1, 0.15) is 50.5 Å². The fourth-order valence-corrected chi connectivity index (χ4v) is 3.35. The standard InChI is InChI=1S/C18H21FN2O4/c1-10(17(23)20-12-4-2-3-5-12)25-18(24)14-9-16(22)21-15-8-11(19)6-7-13(14)15/h6-8,10,12,14H,2-5,9H2,1H3,(H,20,23)(H,21,22)/t10-,14+/m0/s1. The van der Waals surface area contributed by atoms with Crippen molar-refractivity contribution in [1.29, 1.82) is 0 Å². The zero-order valence-electron chi connectivity index (χ0n) is 14.0. The van der Waals surface area contributed by atoms with Crippen molar-refractivity contribution in [2.24, 2.45) is 0 Å². The van der Waals surface area contributed by atoms with E-state index in [0.717, 1.165) is 25.7 Å². The van der Waals surface area contributed by atoms with Gasteiger partial charge in [-0.3, -0.25) is 14.4 Å². The molecule has 2 N–H and O–H groups in total. The Kier molecular flexibility index (Phi) is 5.01. The maximum Gasteiger partial charge on any atom is 0.314 e. The number of anilines is 1. The van der Waals surface area contributed by atoms with Crippen LogP contribution in [0.2, 0.25) is 0 Å². The van der Waals surface area contributed by atoms with E-state index in [0.29, 0.717) is 5.56 Å². The number of ether oxygens (including phenoxy) is 1. The number of halogens is 1. The number of nitrogens with one attached hydrogen (secondary N) is 2.